The Kier molecular flexibility index (Phi) is 17.6. The van der Waals surface area contributed by atoms with Crippen molar-refractivity contribution < 1.29 is 33.4 Å². The molecule has 12 rings (SSSR count). The van der Waals surface area contributed by atoms with Gasteiger partial charge in [0.2, 0.25) is 0 Å². The maximum atomic E-state index is 5.81. The average molecular weight is 1310 g/mol. The number of hydrogen-bond acceptors (Lipinski definition) is 9. The van der Waals surface area contributed by atoms with E-state index in [4.69, 9.17) is 23.2 Å². The van der Waals surface area contributed by atoms with Crippen molar-refractivity contribution in [2.24, 2.45) is 0 Å². The summed E-state index contributed by atoms with van der Waals surface area (Å²) in [5.74, 6) is 6.66. The van der Waals surface area contributed by atoms with Crippen molar-refractivity contribution >= 4 is 33.3 Å². The van der Waals surface area contributed by atoms with Gasteiger partial charge in [-0.1, -0.05) is 138 Å². The van der Waals surface area contributed by atoms with E-state index in [1.54, 1.807) is 0 Å². The van der Waals surface area contributed by atoms with Crippen LogP contribution in [0, 0.1) is 39.0 Å². The van der Waals surface area contributed by atoms with Crippen LogP contribution in [0.5, 0.6) is 0 Å². The van der Waals surface area contributed by atoms with E-state index in [9.17, 15) is 0 Å². The maximum absolute atomic E-state index is 5.81. The van der Waals surface area contributed by atoms with Gasteiger partial charge >= 0.3 is 20.1 Å². The molecule has 0 spiro atoms. The van der Waals surface area contributed by atoms with Gasteiger partial charge in [0.25, 0.3) is 0 Å². The van der Waals surface area contributed by atoms with Crippen molar-refractivity contribution in [3.05, 3.63) is 196 Å². The zero-order valence-electron chi connectivity index (χ0n) is 51.6. The molecule has 6 aromatic carbocycles. The summed E-state index contributed by atoms with van der Waals surface area (Å²) in [5, 5.41) is 0. The van der Waals surface area contributed by atoms with Crippen LogP contribution in [0.15, 0.2) is 129 Å². The number of rotatable bonds is 16. The Bertz CT molecular complexity index is 4060. The van der Waals surface area contributed by atoms with E-state index < -0.39 is 0 Å². The van der Waals surface area contributed by atoms with Crippen LogP contribution < -0.4 is 0 Å². The first-order valence-electron chi connectivity index (χ1n) is 29.8. The standard InChI is InChI=1S/C49H52N6O2.C23H24N3O.Ir/c1-28(2)38-16-12-17-39(29(3)4)46(38)54-26-36(52-48(54)34-20-22-44-42(24-34)50-32(9)56-44)14-11-15-37-27-55(47-40(30(5)6)18-13-19-41(47)31(7)8)49(53-37)35-21-23-45-43(25-35)51-33(10)57-45;1-14(2)18-7-6-8-19(15(3)4)22(18)26-12-11-24-23(26)17-9-10-21-20(13-17)25-16(5)27-21;/h12-13,16-19,22-31H,11,14-15H2,1-10H3;6-8,10-15H,1-5H3;/q-2;-1;+3. The number of benzene rings is 6. The fourth-order valence-electron chi connectivity index (χ4n) is 11.7. The number of oxazole rings is 3. The number of imidazole rings is 3. The summed E-state index contributed by atoms with van der Waals surface area (Å²) in [4.78, 5) is 29.1. The molecule has 6 heterocycles. The van der Waals surface area contributed by atoms with Crippen molar-refractivity contribution in [2.75, 3.05) is 0 Å². The zero-order valence-corrected chi connectivity index (χ0v) is 54.0. The predicted molar refractivity (Wildman–Crippen MR) is 337 cm³/mol. The Morgan fingerprint density at radius 3 is 1.04 bits per heavy atom. The fourth-order valence-corrected chi connectivity index (χ4v) is 11.7. The van der Waals surface area contributed by atoms with E-state index in [0.717, 1.165) is 98.1 Å². The van der Waals surface area contributed by atoms with E-state index in [-0.39, 0.29) is 20.1 Å². The van der Waals surface area contributed by atoms with Crippen molar-refractivity contribution in [3.63, 3.8) is 0 Å². The van der Waals surface area contributed by atoms with Gasteiger partial charge in [0.05, 0.1) is 34.2 Å². The predicted octanol–water partition coefficient (Wildman–Crippen LogP) is 18.6. The van der Waals surface area contributed by atoms with Gasteiger partial charge in [-0.3, -0.25) is 15.0 Å². The van der Waals surface area contributed by atoms with E-state index in [1.807, 2.05) is 69.6 Å². The summed E-state index contributed by atoms with van der Waals surface area (Å²) in [7, 11) is 0. The number of hydrogen-bond donors (Lipinski definition) is 0. The topological polar surface area (TPSA) is 132 Å². The first-order chi connectivity index (χ1) is 40.3. The molecule has 85 heavy (non-hydrogen) atoms. The van der Waals surface area contributed by atoms with Gasteiger partial charge in [0.1, 0.15) is 0 Å². The monoisotopic (exact) mass is 1310 g/mol. The molecular formula is C72H76IrN9O3. The van der Waals surface area contributed by atoms with E-state index in [1.165, 1.54) is 50.4 Å². The molecule has 0 radical (unpaired) electrons. The van der Waals surface area contributed by atoms with Crippen LogP contribution in [0.2, 0.25) is 0 Å². The molecule has 0 aliphatic heterocycles. The smallest absolute Gasteiger partial charge is 0.488 e. The molecule has 0 atom stereocenters. The zero-order chi connectivity index (χ0) is 59.2. The molecule has 0 N–H and O–H groups in total. The average Bonchev–Trinajstić information content (AvgIpc) is 4.33. The molecule has 0 aliphatic carbocycles. The number of para-hydroxylation sites is 3. The number of fused-ring (bicyclic) bond motifs is 3. The third kappa shape index (κ3) is 12.2. The van der Waals surface area contributed by atoms with Gasteiger partial charge in [-0.25, -0.2) is 15.0 Å². The van der Waals surface area contributed by atoms with Gasteiger partial charge in [-0.05, 0) is 88.2 Å². The normalized spacial score (nSPS) is 11.9. The summed E-state index contributed by atoms with van der Waals surface area (Å²) in [5.41, 5.74) is 20.8. The maximum Gasteiger partial charge on any atom is 3.00 e. The number of nitrogens with zero attached hydrogens (tertiary/aromatic N) is 9. The second-order valence-corrected chi connectivity index (χ2v) is 24.1. The first-order valence-corrected chi connectivity index (χ1v) is 29.8. The van der Waals surface area contributed by atoms with E-state index in [2.05, 4.69) is 202 Å². The Balaban J connectivity index is 0.000000240. The van der Waals surface area contributed by atoms with Gasteiger partial charge in [0, 0.05) is 90.6 Å². The third-order valence-corrected chi connectivity index (χ3v) is 15.8. The Labute approximate surface area is 513 Å². The van der Waals surface area contributed by atoms with Crippen molar-refractivity contribution in [1.82, 2.24) is 43.6 Å². The Morgan fingerprint density at radius 1 is 0.412 bits per heavy atom. The second-order valence-electron chi connectivity index (χ2n) is 24.1. The summed E-state index contributed by atoms with van der Waals surface area (Å²) in [6, 6.07) is 41.9. The molecule has 436 valence electrons. The summed E-state index contributed by atoms with van der Waals surface area (Å²) in [6.07, 6.45) is 10.8. The molecule has 0 bridgehead atoms. The SMILES string of the molecule is Cc1nc2cc(-c3nc(CCCc4cn(-c5c(C(C)C)cccc5C(C)C)c(-c5[c-]cc6oc(C)nc6c5)n4)cn3-c3c(C(C)C)cccc3C(C)C)[c-]cc2o1.Cc1nc2cc(-c3nccn3-c3c(C(C)C)cccc3C(C)C)[c-]cc2o1.[Ir+3]. The molecule has 12 aromatic rings. The molecule has 0 unspecified atom stereocenters. The van der Waals surface area contributed by atoms with Crippen molar-refractivity contribution in [1.29, 1.82) is 0 Å². The van der Waals surface area contributed by atoms with Gasteiger partial charge in [0.15, 0.2) is 17.7 Å². The summed E-state index contributed by atoms with van der Waals surface area (Å²) in [6.45, 7) is 32.6. The van der Waals surface area contributed by atoms with Crippen LogP contribution in [-0.2, 0) is 32.9 Å². The first kappa shape index (κ1) is 60.1. The molecule has 13 heteroatoms. The van der Waals surface area contributed by atoms with Crippen LogP contribution in [0.3, 0.4) is 0 Å². The summed E-state index contributed by atoms with van der Waals surface area (Å²) >= 11 is 0. The minimum absolute atomic E-state index is 0. The second kappa shape index (κ2) is 24.9. The van der Waals surface area contributed by atoms with Crippen LogP contribution in [0.4, 0.5) is 0 Å². The molecule has 12 nitrogen and oxygen atoms in total. The van der Waals surface area contributed by atoms with Gasteiger partial charge in [-0.2, -0.15) is 0 Å². The van der Waals surface area contributed by atoms with Crippen LogP contribution in [0.25, 0.3) is 84.5 Å². The Hall–Kier alpha value is -7.99. The summed E-state index contributed by atoms with van der Waals surface area (Å²) < 4.78 is 24.0. The molecular weight excluding hydrogens is 1230 g/mol. The molecule has 0 amide bonds. The Morgan fingerprint density at radius 2 is 0.718 bits per heavy atom. The number of aromatic nitrogens is 9. The number of aryl methyl sites for hydroxylation is 5. The quantitative estimate of drug-likeness (QED) is 0.0868. The molecule has 0 fully saturated rings. The largest absolute Gasteiger partial charge is 3.00 e. The van der Waals surface area contributed by atoms with Crippen LogP contribution >= 0.6 is 0 Å². The van der Waals surface area contributed by atoms with Crippen molar-refractivity contribution in [2.45, 2.75) is 159 Å². The van der Waals surface area contributed by atoms with Crippen molar-refractivity contribution in [3.8, 4) is 51.2 Å². The molecule has 0 saturated heterocycles. The molecule has 6 aromatic heterocycles. The van der Waals surface area contributed by atoms with Crippen LogP contribution in [-0.4, -0.2) is 43.6 Å². The van der Waals surface area contributed by atoms with Crippen LogP contribution in [0.1, 0.15) is 187 Å². The van der Waals surface area contributed by atoms with Gasteiger partial charge < -0.3 is 27.0 Å². The van der Waals surface area contributed by atoms with E-state index >= 15 is 0 Å². The fraction of sp³-hybridized carbons (Fsp3) is 0.333. The minimum atomic E-state index is 0. The third-order valence-electron chi connectivity index (χ3n) is 15.8. The van der Waals surface area contributed by atoms with E-state index in [0.29, 0.717) is 53.2 Å². The molecule has 0 aliphatic rings. The van der Waals surface area contributed by atoms with Gasteiger partial charge in [-0.15, -0.1) is 71.3 Å². The molecule has 0 saturated carbocycles. The minimum Gasteiger partial charge on any atom is -0.488 e.